The number of ether oxygens (including phenoxy) is 1. The first-order valence-electron chi connectivity index (χ1n) is 6.42. The van der Waals surface area contributed by atoms with Gasteiger partial charge in [-0.1, -0.05) is 0 Å². The largest absolute Gasteiger partial charge is 0.376 e. The molecule has 0 bridgehead atoms. The van der Waals surface area contributed by atoms with Crippen molar-refractivity contribution in [3.63, 3.8) is 0 Å². The van der Waals surface area contributed by atoms with Crippen molar-refractivity contribution >= 4 is 17.2 Å². The van der Waals surface area contributed by atoms with Crippen molar-refractivity contribution < 1.29 is 4.74 Å². The van der Waals surface area contributed by atoms with Crippen LogP contribution in [-0.4, -0.2) is 28.1 Å². The smallest absolute Gasteiger partial charge is 0.181 e. The topological polar surface area (TPSA) is 59.9 Å². The molecule has 0 saturated carbocycles. The number of aromatic nitrogens is 3. The zero-order chi connectivity index (χ0) is 13.2. The molecule has 5 nitrogen and oxygen atoms in total. The van der Waals surface area contributed by atoms with Gasteiger partial charge in [0.15, 0.2) is 5.82 Å². The molecule has 0 radical (unpaired) electrons. The van der Waals surface area contributed by atoms with Gasteiger partial charge in [-0.05, 0) is 13.8 Å². The van der Waals surface area contributed by atoms with E-state index in [4.69, 9.17) is 4.74 Å². The third-order valence-corrected chi connectivity index (χ3v) is 3.79. The number of anilines is 1. The monoisotopic (exact) mass is 276 g/mol. The molecule has 100 valence electrons. The number of hydrogen-bond acceptors (Lipinski definition) is 6. The molecule has 1 N–H and O–H groups in total. The molecule has 0 saturated heterocycles. The number of aryl methyl sites for hydroxylation is 1. The molecular formula is C13H16N4OS. The van der Waals surface area contributed by atoms with Gasteiger partial charge in [0.2, 0.25) is 0 Å². The number of rotatable bonds is 3. The van der Waals surface area contributed by atoms with E-state index in [0.717, 1.165) is 47.3 Å². The van der Waals surface area contributed by atoms with Crippen molar-refractivity contribution in [3.05, 3.63) is 21.6 Å². The lowest BCUT2D eigenvalue weighted by atomic mass is 10.1. The summed E-state index contributed by atoms with van der Waals surface area (Å²) >= 11 is 1.62. The molecule has 0 aliphatic carbocycles. The molecule has 0 spiro atoms. The molecule has 6 heteroatoms. The Morgan fingerprint density at radius 2 is 2.26 bits per heavy atom. The van der Waals surface area contributed by atoms with Gasteiger partial charge in [0.1, 0.15) is 11.5 Å². The van der Waals surface area contributed by atoms with E-state index in [0.29, 0.717) is 12.4 Å². The molecule has 19 heavy (non-hydrogen) atoms. The summed E-state index contributed by atoms with van der Waals surface area (Å²) in [7, 11) is 0. The Bertz CT molecular complexity index is 596. The molecule has 0 atom stereocenters. The summed E-state index contributed by atoms with van der Waals surface area (Å²) in [5.41, 5.74) is 3.03. The van der Waals surface area contributed by atoms with Crippen LogP contribution in [0.2, 0.25) is 0 Å². The maximum Gasteiger partial charge on any atom is 0.181 e. The van der Waals surface area contributed by atoms with Gasteiger partial charge in [0, 0.05) is 23.9 Å². The van der Waals surface area contributed by atoms with Crippen molar-refractivity contribution in [2.45, 2.75) is 26.9 Å². The Morgan fingerprint density at radius 1 is 1.37 bits per heavy atom. The molecule has 0 fully saturated rings. The van der Waals surface area contributed by atoms with Crippen LogP contribution in [0.25, 0.3) is 11.5 Å². The second kappa shape index (κ2) is 5.22. The Morgan fingerprint density at radius 3 is 3.00 bits per heavy atom. The third kappa shape index (κ3) is 2.46. The van der Waals surface area contributed by atoms with E-state index < -0.39 is 0 Å². The zero-order valence-electron chi connectivity index (χ0n) is 11.1. The minimum Gasteiger partial charge on any atom is -0.376 e. The van der Waals surface area contributed by atoms with Gasteiger partial charge in [-0.2, -0.15) is 0 Å². The first-order chi connectivity index (χ1) is 9.28. The highest BCUT2D eigenvalue weighted by Gasteiger charge is 2.19. The van der Waals surface area contributed by atoms with E-state index in [9.17, 15) is 0 Å². The number of fused-ring (bicyclic) bond motifs is 1. The minimum atomic E-state index is 0.591. The third-order valence-electron chi connectivity index (χ3n) is 3.01. The standard InChI is InChI=1S/C13H16N4OS/c1-3-14-12-9-6-18-5-4-10(9)16-13(17-12)11-7-19-8(2)15-11/h7H,3-6H2,1-2H3,(H,14,16,17). The van der Waals surface area contributed by atoms with Crippen LogP contribution < -0.4 is 5.32 Å². The molecule has 0 unspecified atom stereocenters. The summed E-state index contributed by atoms with van der Waals surface area (Å²) in [5.74, 6) is 1.59. The van der Waals surface area contributed by atoms with Crippen LogP contribution in [0.1, 0.15) is 23.2 Å². The molecule has 2 aromatic rings. The number of hydrogen-bond donors (Lipinski definition) is 1. The van der Waals surface area contributed by atoms with E-state index in [1.165, 1.54) is 0 Å². The molecule has 3 rings (SSSR count). The Labute approximate surface area is 116 Å². The Kier molecular flexibility index (Phi) is 3.44. The lowest BCUT2D eigenvalue weighted by Crippen LogP contribution is -2.17. The van der Waals surface area contributed by atoms with Crippen molar-refractivity contribution in [1.82, 2.24) is 15.0 Å². The highest BCUT2D eigenvalue weighted by Crippen LogP contribution is 2.26. The fourth-order valence-corrected chi connectivity index (χ4v) is 2.72. The van der Waals surface area contributed by atoms with Crippen molar-refractivity contribution in [2.24, 2.45) is 0 Å². The second-order valence-electron chi connectivity index (χ2n) is 4.41. The minimum absolute atomic E-state index is 0.591. The second-order valence-corrected chi connectivity index (χ2v) is 5.47. The molecule has 0 aromatic carbocycles. The highest BCUT2D eigenvalue weighted by atomic mass is 32.1. The lowest BCUT2D eigenvalue weighted by Gasteiger charge is -2.19. The van der Waals surface area contributed by atoms with Crippen molar-refractivity contribution in [1.29, 1.82) is 0 Å². The van der Waals surface area contributed by atoms with Crippen LogP contribution in [0.5, 0.6) is 0 Å². The van der Waals surface area contributed by atoms with E-state index in [1.807, 2.05) is 12.3 Å². The van der Waals surface area contributed by atoms with E-state index in [1.54, 1.807) is 11.3 Å². The van der Waals surface area contributed by atoms with Crippen LogP contribution in [-0.2, 0) is 17.8 Å². The summed E-state index contributed by atoms with van der Waals surface area (Å²) in [6.45, 7) is 6.20. The summed E-state index contributed by atoms with van der Waals surface area (Å²) < 4.78 is 5.50. The quantitative estimate of drug-likeness (QED) is 0.933. The Hall–Kier alpha value is -1.53. The van der Waals surface area contributed by atoms with Gasteiger partial charge < -0.3 is 10.1 Å². The molecule has 1 aliphatic heterocycles. The van der Waals surface area contributed by atoms with Crippen LogP contribution in [0.4, 0.5) is 5.82 Å². The number of nitrogens with zero attached hydrogens (tertiary/aromatic N) is 3. The maximum absolute atomic E-state index is 5.50. The number of nitrogens with one attached hydrogen (secondary N) is 1. The SMILES string of the molecule is CCNc1nc(-c2csc(C)n2)nc2c1COCC2. The van der Waals surface area contributed by atoms with E-state index >= 15 is 0 Å². The summed E-state index contributed by atoms with van der Waals surface area (Å²) in [4.78, 5) is 13.7. The first kappa shape index (κ1) is 12.5. The predicted octanol–water partition coefficient (Wildman–Crippen LogP) is 2.41. The molecule has 2 aromatic heterocycles. The van der Waals surface area contributed by atoms with Crippen LogP contribution in [0.3, 0.4) is 0 Å². The van der Waals surface area contributed by atoms with Crippen molar-refractivity contribution in [2.75, 3.05) is 18.5 Å². The van der Waals surface area contributed by atoms with Gasteiger partial charge in [-0.25, -0.2) is 15.0 Å². The van der Waals surface area contributed by atoms with Crippen LogP contribution in [0.15, 0.2) is 5.38 Å². The average Bonchev–Trinajstić information content (AvgIpc) is 2.86. The first-order valence-corrected chi connectivity index (χ1v) is 7.29. The fraction of sp³-hybridized carbons (Fsp3) is 0.462. The predicted molar refractivity (Wildman–Crippen MR) is 75.4 cm³/mol. The Balaban J connectivity index is 2.08. The normalized spacial score (nSPS) is 14.2. The molecule has 1 aliphatic rings. The lowest BCUT2D eigenvalue weighted by molar-refractivity contribution is 0.109. The zero-order valence-corrected chi connectivity index (χ0v) is 11.9. The summed E-state index contributed by atoms with van der Waals surface area (Å²) in [5, 5.41) is 6.34. The van der Waals surface area contributed by atoms with Gasteiger partial charge in [-0.3, -0.25) is 0 Å². The molecular weight excluding hydrogens is 260 g/mol. The van der Waals surface area contributed by atoms with Crippen LogP contribution >= 0.6 is 11.3 Å². The van der Waals surface area contributed by atoms with Crippen molar-refractivity contribution in [3.8, 4) is 11.5 Å². The maximum atomic E-state index is 5.50. The van der Waals surface area contributed by atoms with E-state index in [-0.39, 0.29) is 0 Å². The van der Waals surface area contributed by atoms with Gasteiger partial charge >= 0.3 is 0 Å². The molecule has 3 heterocycles. The molecule has 0 amide bonds. The summed E-state index contributed by atoms with van der Waals surface area (Å²) in [6.07, 6.45) is 0.840. The average molecular weight is 276 g/mol. The summed E-state index contributed by atoms with van der Waals surface area (Å²) in [6, 6.07) is 0. The van der Waals surface area contributed by atoms with Crippen LogP contribution in [0, 0.1) is 6.92 Å². The number of thiazole rings is 1. The highest BCUT2D eigenvalue weighted by molar-refractivity contribution is 7.09. The fourth-order valence-electron chi connectivity index (χ4n) is 2.13. The van der Waals surface area contributed by atoms with E-state index in [2.05, 4.69) is 27.2 Å². The van der Waals surface area contributed by atoms with Gasteiger partial charge in [0.25, 0.3) is 0 Å². The van der Waals surface area contributed by atoms with Gasteiger partial charge in [0.05, 0.1) is 23.9 Å². The van der Waals surface area contributed by atoms with Gasteiger partial charge in [-0.15, -0.1) is 11.3 Å².